The van der Waals surface area contributed by atoms with E-state index in [2.05, 4.69) is 0 Å². The quantitative estimate of drug-likeness (QED) is 0.620. The third kappa shape index (κ3) is 3.67. The molecule has 2 aromatic carbocycles. The number of hydrogen-bond acceptors (Lipinski definition) is 4. The summed E-state index contributed by atoms with van der Waals surface area (Å²) in [5.41, 5.74) is 4.35. The van der Waals surface area contributed by atoms with E-state index in [4.69, 9.17) is 13.9 Å². The molecular formula is C22H23NO4. The van der Waals surface area contributed by atoms with Crippen molar-refractivity contribution in [2.24, 2.45) is 0 Å². The molecule has 0 unspecified atom stereocenters. The van der Waals surface area contributed by atoms with Gasteiger partial charge in [0.2, 0.25) is 5.91 Å². The molecule has 0 fully saturated rings. The SMILES string of the molecule is COc1cccc(-c2coc3cc(OC)c(/C(C)=C/C(=O)N(C)C)cc23)c1. The molecule has 0 saturated heterocycles. The molecule has 0 atom stereocenters. The second-order valence-corrected chi connectivity index (χ2v) is 6.49. The first-order chi connectivity index (χ1) is 12.9. The summed E-state index contributed by atoms with van der Waals surface area (Å²) in [7, 11) is 6.70. The Morgan fingerprint density at radius 1 is 1.11 bits per heavy atom. The number of furan rings is 1. The number of allylic oxidation sites excluding steroid dienone is 1. The molecule has 0 bridgehead atoms. The number of rotatable bonds is 5. The zero-order chi connectivity index (χ0) is 19.6. The summed E-state index contributed by atoms with van der Waals surface area (Å²) in [6, 6.07) is 11.7. The Morgan fingerprint density at radius 2 is 1.89 bits per heavy atom. The van der Waals surface area contributed by atoms with Crippen LogP contribution in [0.4, 0.5) is 0 Å². The average molecular weight is 365 g/mol. The average Bonchev–Trinajstić information content (AvgIpc) is 3.09. The smallest absolute Gasteiger partial charge is 0.246 e. The van der Waals surface area contributed by atoms with E-state index in [1.165, 1.54) is 4.90 Å². The number of benzene rings is 2. The van der Waals surface area contributed by atoms with E-state index in [9.17, 15) is 4.79 Å². The topological polar surface area (TPSA) is 51.9 Å². The van der Waals surface area contributed by atoms with Gasteiger partial charge in [0.15, 0.2) is 0 Å². The minimum absolute atomic E-state index is 0.0742. The van der Waals surface area contributed by atoms with Gasteiger partial charge in [-0.3, -0.25) is 4.79 Å². The van der Waals surface area contributed by atoms with E-state index >= 15 is 0 Å². The molecule has 140 valence electrons. The molecule has 0 spiro atoms. The summed E-state index contributed by atoms with van der Waals surface area (Å²) in [5, 5.41) is 0.948. The molecule has 3 rings (SSSR count). The molecule has 1 aromatic heterocycles. The van der Waals surface area contributed by atoms with Gasteiger partial charge in [-0.05, 0) is 36.3 Å². The number of amides is 1. The maximum absolute atomic E-state index is 12.1. The van der Waals surface area contributed by atoms with Crippen molar-refractivity contribution in [3.05, 3.63) is 54.3 Å². The number of hydrogen-bond donors (Lipinski definition) is 0. The predicted molar refractivity (Wildman–Crippen MR) is 107 cm³/mol. The highest BCUT2D eigenvalue weighted by Gasteiger charge is 2.15. The number of ether oxygens (including phenoxy) is 2. The van der Waals surface area contributed by atoms with Crippen LogP contribution in [0.3, 0.4) is 0 Å². The van der Waals surface area contributed by atoms with Gasteiger partial charge in [0.1, 0.15) is 17.1 Å². The van der Waals surface area contributed by atoms with Crippen LogP contribution in [-0.4, -0.2) is 39.1 Å². The second kappa shape index (κ2) is 7.58. The van der Waals surface area contributed by atoms with E-state index in [0.29, 0.717) is 5.75 Å². The lowest BCUT2D eigenvalue weighted by atomic mass is 9.99. The van der Waals surface area contributed by atoms with Gasteiger partial charge in [0.05, 0.1) is 20.5 Å². The maximum Gasteiger partial charge on any atom is 0.246 e. The standard InChI is InChI=1S/C22H23NO4/c1-14(9-22(24)23(2)3)17-11-18-19(13-27-21(18)12-20(17)26-5)15-7-6-8-16(10-15)25-4/h6-13H,1-5H3/b14-9+. The van der Waals surface area contributed by atoms with Gasteiger partial charge >= 0.3 is 0 Å². The van der Waals surface area contributed by atoms with Gasteiger partial charge in [-0.1, -0.05) is 12.1 Å². The fraction of sp³-hybridized carbons (Fsp3) is 0.227. The van der Waals surface area contributed by atoms with Crippen LogP contribution in [-0.2, 0) is 4.79 Å². The number of methoxy groups -OCH3 is 2. The lowest BCUT2D eigenvalue weighted by Gasteiger charge is -2.12. The van der Waals surface area contributed by atoms with Crippen LogP contribution in [0.1, 0.15) is 12.5 Å². The highest BCUT2D eigenvalue weighted by atomic mass is 16.5. The Morgan fingerprint density at radius 3 is 2.56 bits per heavy atom. The van der Waals surface area contributed by atoms with Crippen molar-refractivity contribution in [1.82, 2.24) is 4.90 Å². The Bertz CT molecular complexity index is 1010. The molecule has 1 heterocycles. The predicted octanol–water partition coefficient (Wildman–Crippen LogP) is 4.61. The van der Waals surface area contributed by atoms with Crippen LogP contribution in [0, 0.1) is 0 Å². The summed E-state index contributed by atoms with van der Waals surface area (Å²) in [4.78, 5) is 13.6. The lowest BCUT2D eigenvalue weighted by molar-refractivity contribution is -0.123. The van der Waals surface area contributed by atoms with Crippen molar-refractivity contribution in [1.29, 1.82) is 0 Å². The second-order valence-electron chi connectivity index (χ2n) is 6.49. The zero-order valence-corrected chi connectivity index (χ0v) is 16.2. The Hall–Kier alpha value is -3.21. The first kappa shape index (κ1) is 18.6. The van der Waals surface area contributed by atoms with Crippen LogP contribution >= 0.6 is 0 Å². The van der Waals surface area contributed by atoms with Crippen molar-refractivity contribution in [3.63, 3.8) is 0 Å². The van der Waals surface area contributed by atoms with E-state index in [0.717, 1.165) is 39.0 Å². The van der Waals surface area contributed by atoms with E-state index < -0.39 is 0 Å². The summed E-state index contributed by atoms with van der Waals surface area (Å²) < 4.78 is 16.6. The highest BCUT2D eigenvalue weighted by Crippen LogP contribution is 2.38. The van der Waals surface area contributed by atoms with Crippen LogP contribution in [0.15, 0.2) is 53.2 Å². The summed E-state index contributed by atoms with van der Waals surface area (Å²) >= 11 is 0. The number of nitrogens with zero attached hydrogens (tertiary/aromatic N) is 1. The largest absolute Gasteiger partial charge is 0.497 e. The van der Waals surface area contributed by atoms with Gasteiger partial charge in [-0.2, -0.15) is 0 Å². The molecule has 0 radical (unpaired) electrons. The lowest BCUT2D eigenvalue weighted by Crippen LogP contribution is -2.19. The van der Waals surface area contributed by atoms with Gasteiger partial charge in [-0.15, -0.1) is 0 Å². The Labute approximate surface area is 158 Å². The third-order valence-corrected chi connectivity index (χ3v) is 4.48. The maximum atomic E-state index is 12.1. The molecule has 0 N–H and O–H groups in total. The van der Waals surface area contributed by atoms with E-state index in [-0.39, 0.29) is 5.91 Å². The fourth-order valence-electron chi connectivity index (χ4n) is 2.94. The minimum Gasteiger partial charge on any atom is -0.497 e. The fourth-order valence-corrected chi connectivity index (χ4v) is 2.94. The van der Waals surface area contributed by atoms with Crippen LogP contribution in [0.25, 0.3) is 27.7 Å². The van der Waals surface area contributed by atoms with E-state index in [1.807, 2.05) is 43.3 Å². The highest BCUT2D eigenvalue weighted by molar-refractivity contribution is 6.00. The minimum atomic E-state index is -0.0742. The van der Waals surface area contributed by atoms with Crippen molar-refractivity contribution in [2.45, 2.75) is 6.92 Å². The van der Waals surface area contributed by atoms with Crippen LogP contribution in [0.5, 0.6) is 11.5 Å². The van der Waals surface area contributed by atoms with Crippen molar-refractivity contribution in [3.8, 4) is 22.6 Å². The summed E-state index contributed by atoms with van der Waals surface area (Å²) in [6.07, 6.45) is 3.33. The molecule has 0 saturated carbocycles. The molecule has 27 heavy (non-hydrogen) atoms. The molecule has 0 aliphatic carbocycles. The van der Waals surface area contributed by atoms with Crippen LogP contribution in [0.2, 0.25) is 0 Å². The first-order valence-corrected chi connectivity index (χ1v) is 8.58. The monoisotopic (exact) mass is 365 g/mol. The van der Waals surface area contributed by atoms with Gasteiger partial charge in [0, 0.05) is 42.8 Å². The van der Waals surface area contributed by atoms with Gasteiger partial charge in [-0.25, -0.2) is 0 Å². The first-order valence-electron chi connectivity index (χ1n) is 8.58. The molecule has 0 aliphatic rings. The number of carbonyl (C=O) groups excluding carboxylic acids is 1. The number of fused-ring (bicyclic) bond motifs is 1. The zero-order valence-electron chi connectivity index (χ0n) is 16.2. The van der Waals surface area contributed by atoms with Crippen molar-refractivity contribution in [2.75, 3.05) is 28.3 Å². The molecule has 1 amide bonds. The normalized spacial score (nSPS) is 11.5. The summed E-state index contributed by atoms with van der Waals surface area (Å²) in [5.74, 6) is 1.37. The molecule has 0 aliphatic heterocycles. The molecule has 5 heteroatoms. The van der Waals surface area contributed by atoms with E-state index in [1.54, 1.807) is 40.7 Å². The number of carbonyl (C=O) groups is 1. The third-order valence-electron chi connectivity index (χ3n) is 4.48. The van der Waals surface area contributed by atoms with Crippen LogP contribution < -0.4 is 9.47 Å². The number of likely N-dealkylation sites (N-methyl/N-ethyl adjacent to an activating group) is 1. The molecular weight excluding hydrogens is 342 g/mol. The summed E-state index contributed by atoms with van der Waals surface area (Å²) in [6.45, 7) is 1.90. The Balaban J connectivity index is 2.16. The van der Waals surface area contributed by atoms with Gasteiger partial charge in [0.25, 0.3) is 0 Å². The van der Waals surface area contributed by atoms with Gasteiger partial charge < -0.3 is 18.8 Å². The van der Waals surface area contributed by atoms with Crippen molar-refractivity contribution >= 4 is 22.4 Å². The Kier molecular flexibility index (Phi) is 5.21. The molecule has 3 aromatic rings. The molecule has 5 nitrogen and oxygen atoms in total. The van der Waals surface area contributed by atoms with Crippen molar-refractivity contribution < 1.29 is 18.7 Å².